The second-order valence-electron chi connectivity index (χ2n) is 4.54. The van der Waals surface area contributed by atoms with Gasteiger partial charge in [-0.2, -0.15) is 5.26 Å². The quantitative estimate of drug-likeness (QED) is 0.873. The van der Waals surface area contributed by atoms with Gasteiger partial charge >= 0.3 is 0 Å². The molecular formula is C14H20FN3. The summed E-state index contributed by atoms with van der Waals surface area (Å²) >= 11 is 0. The maximum atomic E-state index is 14.0. The number of nitrogens with zero attached hydrogens (tertiary/aromatic N) is 2. The first-order valence-electron chi connectivity index (χ1n) is 6.19. The van der Waals surface area contributed by atoms with Gasteiger partial charge in [-0.3, -0.25) is 0 Å². The van der Waals surface area contributed by atoms with Crippen LogP contribution in [0.25, 0.3) is 0 Å². The van der Waals surface area contributed by atoms with Crippen LogP contribution in [-0.4, -0.2) is 13.1 Å². The van der Waals surface area contributed by atoms with E-state index < -0.39 is 0 Å². The van der Waals surface area contributed by atoms with Gasteiger partial charge in [0.15, 0.2) is 0 Å². The van der Waals surface area contributed by atoms with Crippen LogP contribution in [0, 0.1) is 23.1 Å². The molecule has 1 aromatic rings. The van der Waals surface area contributed by atoms with Crippen LogP contribution in [0.3, 0.4) is 0 Å². The summed E-state index contributed by atoms with van der Waals surface area (Å²) in [4.78, 5) is 1.88. The molecule has 0 aliphatic heterocycles. The number of nitrogens with two attached hydrogens (primary N) is 1. The number of hydrogen-bond donors (Lipinski definition) is 1. The number of hydrogen-bond acceptors (Lipinski definition) is 3. The van der Waals surface area contributed by atoms with Crippen LogP contribution in [0.2, 0.25) is 0 Å². The van der Waals surface area contributed by atoms with Crippen LogP contribution in [0.1, 0.15) is 32.4 Å². The van der Waals surface area contributed by atoms with Crippen molar-refractivity contribution in [1.29, 1.82) is 5.26 Å². The summed E-state index contributed by atoms with van der Waals surface area (Å²) in [5.74, 6) is -0.428. The fourth-order valence-electron chi connectivity index (χ4n) is 1.98. The predicted molar refractivity (Wildman–Crippen MR) is 71.7 cm³/mol. The molecule has 4 heteroatoms. The van der Waals surface area contributed by atoms with E-state index >= 15 is 0 Å². The van der Waals surface area contributed by atoms with E-state index in [-0.39, 0.29) is 17.8 Å². The van der Waals surface area contributed by atoms with Gasteiger partial charge < -0.3 is 10.6 Å². The second-order valence-corrected chi connectivity index (χ2v) is 4.54. The molecule has 1 unspecified atom stereocenters. The Bertz CT molecular complexity index is 437. The third-order valence-corrected chi connectivity index (χ3v) is 2.92. The minimum Gasteiger partial charge on any atom is -0.368 e. The van der Waals surface area contributed by atoms with Crippen LogP contribution in [0.4, 0.5) is 10.1 Å². The number of halogens is 1. The zero-order valence-electron chi connectivity index (χ0n) is 11.2. The molecule has 0 spiro atoms. The lowest BCUT2D eigenvalue weighted by Crippen LogP contribution is -2.30. The van der Waals surface area contributed by atoms with Crippen molar-refractivity contribution in [3.8, 4) is 6.07 Å². The molecule has 0 fully saturated rings. The highest BCUT2D eigenvalue weighted by atomic mass is 19.1. The van der Waals surface area contributed by atoms with Gasteiger partial charge in [-0.1, -0.05) is 12.1 Å². The normalized spacial score (nSPS) is 13.8. The van der Waals surface area contributed by atoms with Gasteiger partial charge in [0.25, 0.3) is 0 Å². The molecule has 0 aliphatic carbocycles. The zero-order valence-corrected chi connectivity index (χ0v) is 11.2. The number of para-hydroxylation sites is 1. The number of benzene rings is 1. The molecule has 1 rings (SSSR count). The largest absolute Gasteiger partial charge is 0.368 e. The predicted octanol–water partition coefficient (Wildman–Crippen LogP) is 2.83. The standard InChI is InChI=1S/C14H20FN3/c1-4-18(9-10(2)8-16)14-12(11(3)17)6-5-7-13(14)15/h5-7,10-11H,4,9,17H2,1-3H3/t10?,11-/m0/s1. The molecule has 2 atom stereocenters. The molecule has 0 heterocycles. The molecule has 0 amide bonds. The monoisotopic (exact) mass is 249 g/mol. The van der Waals surface area contributed by atoms with Crippen LogP contribution < -0.4 is 10.6 Å². The van der Waals surface area contributed by atoms with Gasteiger partial charge in [-0.05, 0) is 32.4 Å². The molecule has 98 valence electrons. The minimum absolute atomic E-state index is 0.148. The summed E-state index contributed by atoms with van der Waals surface area (Å²) in [5.41, 5.74) is 7.19. The van der Waals surface area contributed by atoms with Crippen molar-refractivity contribution in [3.63, 3.8) is 0 Å². The maximum Gasteiger partial charge on any atom is 0.146 e. The van der Waals surface area contributed by atoms with Gasteiger partial charge in [0.1, 0.15) is 5.82 Å². The molecule has 0 bridgehead atoms. The van der Waals surface area contributed by atoms with E-state index in [1.807, 2.05) is 31.7 Å². The number of anilines is 1. The van der Waals surface area contributed by atoms with E-state index in [1.165, 1.54) is 6.07 Å². The Hall–Kier alpha value is -1.60. The summed E-state index contributed by atoms with van der Waals surface area (Å²) in [6, 6.07) is 6.87. The first-order chi connectivity index (χ1) is 8.51. The Morgan fingerprint density at radius 2 is 2.11 bits per heavy atom. The lowest BCUT2D eigenvalue weighted by molar-refractivity contribution is 0.600. The Balaban J connectivity index is 3.16. The Labute approximate surface area is 108 Å². The molecule has 1 aromatic carbocycles. The third-order valence-electron chi connectivity index (χ3n) is 2.92. The maximum absolute atomic E-state index is 14.0. The zero-order chi connectivity index (χ0) is 13.7. The Kier molecular flexibility index (Phi) is 5.11. The van der Waals surface area contributed by atoms with Gasteiger partial charge in [0, 0.05) is 19.1 Å². The van der Waals surface area contributed by atoms with Crippen molar-refractivity contribution in [1.82, 2.24) is 0 Å². The van der Waals surface area contributed by atoms with Crippen molar-refractivity contribution in [2.75, 3.05) is 18.0 Å². The number of nitriles is 1. The molecule has 3 nitrogen and oxygen atoms in total. The lowest BCUT2D eigenvalue weighted by atomic mass is 10.0. The topological polar surface area (TPSA) is 53.0 Å². The van der Waals surface area contributed by atoms with Gasteiger partial charge in [-0.25, -0.2) is 4.39 Å². The van der Waals surface area contributed by atoms with Crippen molar-refractivity contribution in [2.24, 2.45) is 11.7 Å². The highest BCUT2D eigenvalue weighted by Crippen LogP contribution is 2.28. The first kappa shape index (κ1) is 14.5. The van der Waals surface area contributed by atoms with Crippen LogP contribution >= 0.6 is 0 Å². The SMILES string of the molecule is CCN(CC(C)C#N)c1c(F)cccc1[C@H](C)N. The highest BCUT2D eigenvalue weighted by molar-refractivity contribution is 5.56. The van der Waals surface area contributed by atoms with Crippen molar-refractivity contribution in [3.05, 3.63) is 29.6 Å². The molecule has 0 aromatic heterocycles. The summed E-state index contributed by atoms with van der Waals surface area (Å²) in [7, 11) is 0. The number of rotatable bonds is 5. The van der Waals surface area contributed by atoms with Crippen molar-refractivity contribution < 1.29 is 4.39 Å². The lowest BCUT2D eigenvalue weighted by Gasteiger charge is -2.28. The summed E-state index contributed by atoms with van der Waals surface area (Å²) < 4.78 is 14.0. The molecule has 0 aliphatic rings. The molecule has 0 saturated heterocycles. The van der Waals surface area contributed by atoms with Crippen molar-refractivity contribution in [2.45, 2.75) is 26.8 Å². The van der Waals surface area contributed by atoms with Gasteiger partial charge in [0.05, 0.1) is 17.7 Å². The summed E-state index contributed by atoms with van der Waals surface area (Å²) in [6.45, 7) is 6.76. The average Bonchev–Trinajstić information content (AvgIpc) is 2.35. The van der Waals surface area contributed by atoms with Crippen LogP contribution in [-0.2, 0) is 0 Å². The smallest absolute Gasteiger partial charge is 0.146 e. The third kappa shape index (κ3) is 3.21. The minimum atomic E-state index is -0.281. The van der Waals surface area contributed by atoms with Crippen molar-refractivity contribution >= 4 is 5.69 Å². The fourth-order valence-corrected chi connectivity index (χ4v) is 1.98. The molecule has 2 N–H and O–H groups in total. The van der Waals surface area contributed by atoms with Crippen LogP contribution in [0.15, 0.2) is 18.2 Å². The molecule has 18 heavy (non-hydrogen) atoms. The summed E-state index contributed by atoms with van der Waals surface area (Å²) in [6.07, 6.45) is 0. The van der Waals surface area contributed by atoms with E-state index in [4.69, 9.17) is 11.0 Å². The van der Waals surface area contributed by atoms with E-state index in [9.17, 15) is 4.39 Å². The molecular weight excluding hydrogens is 229 g/mol. The van der Waals surface area contributed by atoms with E-state index in [0.29, 0.717) is 18.8 Å². The van der Waals surface area contributed by atoms with E-state index in [1.54, 1.807) is 6.07 Å². The van der Waals surface area contributed by atoms with E-state index in [2.05, 4.69) is 6.07 Å². The summed E-state index contributed by atoms with van der Waals surface area (Å²) in [5, 5.41) is 8.88. The first-order valence-corrected chi connectivity index (χ1v) is 6.19. The Morgan fingerprint density at radius 3 is 2.61 bits per heavy atom. The second kappa shape index (κ2) is 6.36. The van der Waals surface area contributed by atoms with Gasteiger partial charge in [0.2, 0.25) is 0 Å². The van der Waals surface area contributed by atoms with Crippen LogP contribution in [0.5, 0.6) is 0 Å². The van der Waals surface area contributed by atoms with E-state index in [0.717, 1.165) is 5.56 Å². The molecule has 0 radical (unpaired) electrons. The molecule has 0 saturated carbocycles. The fraction of sp³-hybridized carbons (Fsp3) is 0.500. The average molecular weight is 249 g/mol. The Morgan fingerprint density at radius 1 is 1.44 bits per heavy atom. The highest BCUT2D eigenvalue weighted by Gasteiger charge is 2.18. The van der Waals surface area contributed by atoms with Gasteiger partial charge in [-0.15, -0.1) is 0 Å².